The predicted molar refractivity (Wildman–Crippen MR) is 65.5 cm³/mol. The van der Waals surface area contributed by atoms with E-state index in [4.69, 9.17) is 13.0 Å². The van der Waals surface area contributed by atoms with Crippen molar-refractivity contribution in [3.63, 3.8) is 0 Å². The fourth-order valence-corrected chi connectivity index (χ4v) is 7.85. The van der Waals surface area contributed by atoms with Crippen LogP contribution in [0.2, 0.25) is 13.1 Å². The van der Waals surface area contributed by atoms with E-state index in [0.29, 0.717) is 0 Å². The second-order valence-electron chi connectivity index (χ2n) is 3.97. The summed E-state index contributed by atoms with van der Waals surface area (Å²) in [4.78, 5) is 0. The quantitative estimate of drug-likeness (QED) is 0.562. The molecule has 84 valence electrons. The van der Waals surface area contributed by atoms with Crippen LogP contribution in [0.15, 0.2) is 37.2 Å². The normalized spacial score (nSPS) is 45.8. The third-order valence-electron chi connectivity index (χ3n) is 2.33. The average Bonchev–Trinajstić information content (AvgIpc) is 2.16. The molecule has 0 amide bonds. The summed E-state index contributed by atoms with van der Waals surface area (Å²) in [6.45, 7) is 17.0. The van der Waals surface area contributed by atoms with Crippen molar-refractivity contribution in [1.82, 2.24) is 0 Å². The van der Waals surface area contributed by atoms with Crippen LogP contribution in [0, 0.1) is 0 Å². The topological polar surface area (TPSA) is 27.7 Å². The summed E-state index contributed by atoms with van der Waals surface area (Å²) < 4.78 is 17.5. The van der Waals surface area contributed by atoms with Gasteiger partial charge in [-0.1, -0.05) is 18.0 Å². The van der Waals surface area contributed by atoms with Crippen molar-refractivity contribution in [2.75, 3.05) is 0 Å². The van der Waals surface area contributed by atoms with Crippen molar-refractivity contribution in [2.45, 2.75) is 25.8 Å². The molecule has 0 aliphatic carbocycles. The molecule has 0 N–H and O–H groups in total. The molecule has 0 saturated carbocycles. The van der Waals surface area contributed by atoms with Crippen LogP contribution in [0.25, 0.3) is 0 Å². The molecule has 0 bridgehead atoms. The second kappa shape index (κ2) is 3.84. The molecule has 0 radical (unpaired) electrons. The minimum atomic E-state index is -2.37. The van der Waals surface area contributed by atoms with E-state index in [1.807, 2.05) is 20.0 Å². The maximum Gasteiger partial charge on any atom is 0.355 e. The first kappa shape index (κ1) is 12.6. The van der Waals surface area contributed by atoms with Crippen LogP contribution >= 0.6 is 0 Å². The van der Waals surface area contributed by atoms with Crippen LogP contribution in [-0.4, -0.2) is 22.9 Å². The molecule has 0 spiro atoms. The highest BCUT2D eigenvalue weighted by Crippen LogP contribution is 2.34. The first-order chi connectivity index (χ1) is 6.80. The predicted octanol–water partition coefficient (Wildman–Crippen LogP) is 2.55. The summed E-state index contributed by atoms with van der Waals surface area (Å²) in [6.07, 6.45) is 1.65. The molecule has 1 aliphatic heterocycles. The monoisotopic (exact) mass is 242 g/mol. The molecule has 0 aromatic carbocycles. The number of hydrogen-bond donors (Lipinski definition) is 0. The lowest BCUT2D eigenvalue weighted by Gasteiger charge is -2.47. The Morgan fingerprint density at radius 2 is 1.40 bits per heavy atom. The first-order valence-electron chi connectivity index (χ1n) is 4.82. The zero-order valence-corrected chi connectivity index (χ0v) is 11.6. The van der Waals surface area contributed by atoms with Crippen molar-refractivity contribution in [3.8, 4) is 0 Å². The molecule has 1 heterocycles. The van der Waals surface area contributed by atoms with Gasteiger partial charge < -0.3 is 13.0 Å². The van der Waals surface area contributed by atoms with E-state index in [1.54, 1.807) is 17.5 Å². The van der Waals surface area contributed by atoms with Gasteiger partial charge in [-0.15, -0.1) is 13.2 Å². The van der Waals surface area contributed by atoms with Gasteiger partial charge in [0.2, 0.25) is 0 Å². The molecule has 0 aromatic heterocycles. The highest BCUT2D eigenvalue weighted by molar-refractivity contribution is 6.85. The maximum atomic E-state index is 5.91. The van der Waals surface area contributed by atoms with Crippen LogP contribution in [0.4, 0.5) is 0 Å². The Morgan fingerprint density at radius 1 is 1.00 bits per heavy atom. The molecule has 2 unspecified atom stereocenters. The molecule has 1 rings (SSSR count). The van der Waals surface area contributed by atoms with E-state index >= 15 is 0 Å². The van der Waals surface area contributed by atoms with Crippen LogP contribution < -0.4 is 0 Å². The Labute approximate surface area is 93.5 Å². The molecular formula is C10H18O3Si2. The van der Waals surface area contributed by atoms with Crippen molar-refractivity contribution < 1.29 is 13.0 Å². The molecular weight excluding hydrogens is 224 g/mol. The molecule has 1 aliphatic rings. The number of rotatable bonds is 3. The zero-order valence-electron chi connectivity index (χ0n) is 9.58. The smallest absolute Gasteiger partial charge is 0.355 e. The van der Waals surface area contributed by atoms with E-state index in [2.05, 4.69) is 19.7 Å². The minimum Gasteiger partial charge on any atom is -0.409 e. The molecule has 5 heteroatoms. The van der Waals surface area contributed by atoms with Crippen LogP contribution in [0.1, 0.15) is 6.92 Å². The van der Waals surface area contributed by atoms with Crippen molar-refractivity contribution in [1.29, 1.82) is 0 Å². The van der Waals surface area contributed by atoms with Crippen molar-refractivity contribution in [3.05, 3.63) is 37.2 Å². The van der Waals surface area contributed by atoms with Gasteiger partial charge in [-0.05, 0) is 26.1 Å². The molecule has 1 fully saturated rings. The standard InChI is InChI=1S/C10H18O3Si2/c1-7-10(4)11-14(5,8-2)13-15(6,9-3)12-10/h7-9H,1-3H2,4-6H3. The summed E-state index contributed by atoms with van der Waals surface area (Å²) in [5.41, 5.74) is 3.51. The largest absolute Gasteiger partial charge is 0.409 e. The lowest BCUT2D eigenvalue weighted by molar-refractivity contribution is -0.113. The van der Waals surface area contributed by atoms with Crippen molar-refractivity contribution in [2.24, 2.45) is 0 Å². The van der Waals surface area contributed by atoms with Gasteiger partial charge in [-0.3, -0.25) is 0 Å². The fourth-order valence-electron chi connectivity index (χ4n) is 1.52. The van der Waals surface area contributed by atoms with Gasteiger partial charge in [-0.25, -0.2) is 0 Å². The first-order valence-corrected chi connectivity index (χ1v) is 9.60. The molecule has 15 heavy (non-hydrogen) atoms. The highest BCUT2D eigenvalue weighted by Gasteiger charge is 2.51. The highest BCUT2D eigenvalue weighted by atomic mass is 28.5. The SMILES string of the molecule is C=CC1(C)O[Si](C)(C=C)O[Si](C)(C=C)O1. The van der Waals surface area contributed by atoms with Gasteiger partial charge in [-0.2, -0.15) is 0 Å². The van der Waals surface area contributed by atoms with Crippen LogP contribution in [0.5, 0.6) is 0 Å². The summed E-state index contributed by atoms with van der Waals surface area (Å²) in [7, 11) is -4.73. The van der Waals surface area contributed by atoms with Gasteiger partial charge in [0.15, 0.2) is 5.79 Å². The second-order valence-corrected chi connectivity index (χ2v) is 10.1. The Bertz CT molecular complexity index is 247. The van der Waals surface area contributed by atoms with Crippen molar-refractivity contribution >= 4 is 17.1 Å². The third-order valence-corrected chi connectivity index (χ3v) is 8.68. The molecule has 3 nitrogen and oxygen atoms in total. The Balaban J connectivity index is 3.07. The third kappa shape index (κ3) is 2.56. The van der Waals surface area contributed by atoms with E-state index in [1.165, 1.54) is 0 Å². The van der Waals surface area contributed by atoms with E-state index in [9.17, 15) is 0 Å². The van der Waals surface area contributed by atoms with E-state index < -0.39 is 22.9 Å². The Morgan fingerprint density at radius 3 is 1.67 bits per heavy atom. The lowest BCUT2D eigenvalue weighted by atomic mass is 10.3. The minimum absolute atomic E-state index is 0.789. The van der Waals surface area contributed by atoms with Gasteiger partial charge >= 0.3 is 17.1 Å². The molecule has 0 aromatic rings. The van der Waals surface area contributed by atoms with E-state index in [-0.39, 0.29) is 0 Å². The van der Waals surface area contributed by atoms with Gasteiger partial charge in [0.05, 0.1) is 0 Å². The Hall–Kier alpha value is -0.466. The summed E-state index contributed by atoms with van der Waals surface area (Å²) in [5.74, 6) is -0.789. The van der Waals surface area contributed by atoms with Gasteiger partial charge in [0.25, 0.3) is 0 Å². The van der Waals surface area contributed by atoms with Gasteiger partial charge in [0.1, 0.15) is 0 Å². The number of hydrogen-bond acceptors (Lipinski definition) is 3. The molecule has 2 atom stereocenters. The fraction of sp³-hybridized carbons (Fsp3) is 0.400. The summed E-state index contributed by atoms with van der Waals surface area (Å²) in [6, 6.07) is 0. The summed E-state index contributed by atoms with van der Waals surface area (Å²) >= 11 is 0. The maximum absolute atomic E-state index is 5.91. The van der Waals surface area contributed by atoms with Gasteiger partial charge in [0, 0.05) is 0 Å². The average molecular weight is 242 g/mol. The lowest BCUT2D eigenvalue weighted by Crippen LogP contribution is -2.63. The zero-order chi connectivity index (χ0) is 11.7. The van der Waals surface area contributed by atoms with Crippen LogP contribution in [0.3, 0.4) is 0 Å². The molecule has 1 saturated heterocycles. The summed E-state index contributed by atoms with van der Waals surface area (Å²) in [5, 5.41) is 0. The Kier molecular flexibility index (Phi) is 3.23. The van der Waals surface area contributed by atoms with E-state index in [0.717, 1.165) is 0 Å². The van der Waals surface area contributed by atoms with Crippen LogP contribution in [-0.2, 0) is 13.0 Å².